The monoisotopic (exact) mass is 661 g/mol. The predicted molar refractivity (Wildman–Crippen MR) is 168 cm³/mol. The summed E-state index contributed by atoms with van der Waals surface area (Å²) >= 11 is 1.81. The molecule has 3 amide bonds. The molecular formula is C33H22F3N3O5S2. The van der Waals surface area contributed by atoms with Gasteiger partial charge in [-0.2, -0.15) is 13.2 Å². The molecule has 0 bridgehead atoms. The number of thiazole rings is 1. The molecule has 8 nitrogen and oxygen atoms in total. The van der Waals surface area contributed by atoms with E-state index in [0.29, 0.717) is 26.1 Å². The molecule has 0 saturated carbocycles. The number of imide groups is 1. The molecule has 0 radical (unpaired) electrons. The van der Waals surface area contributed by atoms with Gasteiger partial charge < -0.3 is 15.0 Å². The van der Waals surface area contributed by atoms with Crippen LogP contribution in [-0.2, 0) is 20.6 Å². The smallest absolute Gasteiger partial charge is 0.418 e. The Hall–Kier alpha value is -4.88. The molecule has 1 fully saturated rings. The molecule has 46 heavy (non-hydrogen) atoms. The second-order valence-corrected chi connectivity index (χ2v) is 12.9. The van der Waals surface area contributed by atoms with Gasteiger partial charge >= 0.3 is 11.0 Å². The van der Waals surface area contributed by atoms with E-state index in [4.69, 9.17) is 4.74 Å². The number of benzene rings is 4. The highest BCUT2D eigenvalue weighted by Gasteiger charge is 2.57. The molecule has 0 spiro atoms. The Labute approximate surface area is 267 Å². The zero-order chi connectivity index (χ0) is 32.2. The number of alkyl halides is 3. The summed E-state index contributed by atoms with van der Waals surface area (Å²) in [6, 6.07) is 24.2. The van der Waals surface area contributed by atoms with E-state index in [1.165, 1.54) is 12.1 Å². The Morgan fingerprint density at radius 2 is 1.61 bits per heavy atom. The van der Waals surface area contributed by atoms with Gasteiger partial charge in [-0.15, -0.1) is 0 Å². The quantitative estimate of drug-likeness (QED) is 0.203. The summed E-state index contributed by atoms with van der Waals surface area (Å²) in [5, 5.41) is 4.01. The molecule has 5 aromatic rings. The lowest BCUT2D eigenvalue weighted by Crippen LogP contribution is -2.33. The number of anilines is 2. The molecule has 1 saturated heterocycles. The van der Waals surface area contributed by atoms with Crippen molar-refractivity contribution in [3.05, 3.63) is 117 Å². The van der Waals surface area contributed by atoms with Crippen molar-refractivity contribution in [3.8, 4) is 5.75 Å². The first kappa shape index (κ1) is 29.8. The van der Waals surface area contributed by atoms with Gasteiger partial charge in [-0.1, -0.05) is 83.8 Å². The second-order valence-electron chi connectivity index (χ2n) is 10.7. The lowest BCUT2D eigenvalue weighted by Gasteiger charge is -2.30. The van der Waals surface area contributed by atoms with Crippen LogP contribution in [0.15, 0.2) is 101 Å². The van der Waals surface area contributed by atoms with Crippen LogP contribution in [-0.4, -0.2) is 34.6 Å². The maximum absolute atomic E-state index is 14.0. The van der Waals surface area contributed by atoms with Gasteiger partial charge in [0, 0.05) is 22.0 Å². The number of aromatic amines is 1. The topological polar surface area (TPSA) is 109 Å². The number of carbonyl (C=O) groups excluding carboxylic acids is 3. The van der Waals surface area contributed by atoms with Crippen LogP contribution in [0.2, 0.25) is 0 Å². The molecule has 0 aliphatic carbocycles. The Morgan fingerprint density at radius 1 is 0.891 bits per heavy atom. The van der Waals surface area contributed by atoms with Crippen LogP contribution >= 0.6 is 23.1 Å². The Balaban J connectivity index is 1.21. The number of ether oxygens (including phenoxy) is 1. The van der Waals surface area contributed by atoms with Crippen molar-refractivity contribution in [2.45, 2.75) is 22.4 Å². The number of nitrogens with one attached hydrogen (secondary N) is 2. The van der Waals surface area contributed by atoms with Gasteiger partial charge in [0.2, 0.25) is 11.8 Å². The van der Waals surface area contributed by atoms with Crippen LogP contribution in [0.4, 0.5) is 24.5 Å². The number of rotatable bonds is 6. The van der Waals surface area contributed by atoms with Crippen molar-refractivity contribution in [2.75, 3.05) is 16.8 Å². The van der Waals surface area contributed by atoms with E-state index in [0.717, 1.165) is 46.0 Å². The fourth-order valence-electron chi connectivity index (χ4n) is 5.97. The number of thioether (sulfide) groups is 1. The summed E-state index contributed by atoms with van der Waals surface area (Å²) in [5.41, 5.74) is -0.671. The van der Waals surface area contributed by atoms with Gasteiger partial charge in [0.15, 0.2) is 6.61 Å². The van der Waals surface area contributed by atoms with Gasteiger partial charge in [0.05, 0.1) is 22.2 Å². The summed E-state index contributed by atoms with van der Waals surface area (Å²) in [6.45, 7) is -0.395. The number of nitrogens with zero attached hydrogens (tertiary/aromatic N) is 1. The van der Waals surface area contributed by atoms with Gasteiger partial charge in [0.1, 0.15) is 11.0 Å². The minimum absolute atomic E-state index is 0.230. The lowest BCUT2D eigenvalue weighted by atomic mass is 9.82. The van der Waals surface area contributed by atoms with E-state index in [2.05, 4.69) is 10.3 Å². The number of hydrogen-bond donors (Lipinski definition) is 2. The minimum atomic E-state index is -4.81. The summed E-state index contributed by atoms with van der Waals surface area (Å²) in [7, 11) is 0. The van der Waals surface area contributed by atoms with Gasteiger partial charge in [0.25, 0.3) is 5.91 Å². The molecule has 2 N–H and O–H groups in total. The molecule has 13 heteroatoms. The summed E-state index contributed by atoms with van der Waals surface area (Å²) in [4.78, 5) is 56.5. The molecule has 2 aliphatic rings. The number of aromatic nitrogens is 1. The number of amides is 3. The molecule has 4 aromatic carbocycles. The third kappa shape index (κ3) is 5.24. The third-order valence-electron chi connectivity index (χ3n) is 7.92. The van der Waals surface area contributed by atoms with Crippen molar-refractivity contribution in [2.24, 2.45) is 5.92 Å². The van der Waals surface area contributed by atoms with Crippen molar-refractivity contribution >= 4 is 63.0 Å². The number of halogens is 3. The fourth-order valence-corrected chi connectivity index (χ4v) is 8.48. The maximum atomic E-state index is 14.0. The van der Waals surface area contributed by atoms with Crippen LogP contribution in [0.5, 0.6) is 5.75 Å². The number of fused-ring (bicyclic) bond motifs is 3. The maximum Gasteiger partial charge on any atom is 0.418 e. The van der Waals surface area contributed by atoms with Crippen LogP contribution in [0.25, 0.3) is 10.8 Å². The Morgan fingerprint density at radius 3 is 2.41 bits per heavy atom. The number of para-hydroxylation sites is 2. The van der Waals surface area contributed by atoms with Gasteiger partial charge in [-0.3, -0.25) is 19.2 Å². The van der Waals surface area contributed by atoms with E-state index in [-0.39, 0.29) is 5.75 Å². The van der Waals surface area contributed by atoms with E-state index < -0.39 is 63.7 Å². The first-order chi connectivity index (χ1) is 22.1. The van der Waals surface area contributed by atoms with Crippen LogP contribution in [0.3, 0.4) is 0 Å². The molecular weight excluding hydrogens is 640 g/mol. The Bertz CT molecular complexity index is 2090. The number of H-pyrrole nitrogens is 1. The highest BCUT2D eigenvalue weighted by atomic mass is 32.2. The second kappa shape index (κ2) is 11.5. The molecule has 3 unspecified atom stereocenters. The SMILES string of the molecule is O=C(COc1ccccc1C1c2sc(=O)[nH]c2SC2C(=O)N(c3ccccc3C(F)(F)F)C(=O)C21)Nc1ccc2ccccc2c1. The standard InChI is InChI=1S/C33H22F3N3O5S2/c34-33(35,36)21-10-4-5-11-22(21)39-30(41)26-25(27-29(38-32(43)46-27)45-28(26)31(39)42)20-9-3-6-12-23(20)44-16-24(40)37-19-14-13-17-7-1-2-8-18(17)15-19/h1-15,25-26,28H,16H2,(H,37,40)(H,38,43). The summed E-state index contributed by atoms with van der Waals surface area (Å²) in [5.74, 6) is -3.91. The summed E-state index contributed by atoms with van der Waals surface area (Å²) in [6.07, 6.45) is -4.81. The van der Waals surface area contributed by atoms with Gasteiger partial charge in [-0.05, 0) is 41.1 Å². The van der Waals surface area contributed by atoms with E-state index >= 15 is 0 Å². The van der Waals surface area contributed by atoms with Crippen molar-refractivity contribution in [3.63, 3.8) is 0 Å². The highest BCUT2D eigenvalue weighted by Crippen LogP contribution is 2.55. The average Bonchev–Trinajstić information content (AvgIpc) is 3.53. The van der Waals surface area contributed by atoms with Crippen LogP contribution in [0.1, 0.15) is 21.9 Å². The molecule has 7 rings (SSSR count). The zero-order valence-corrected chi connectivity index (χ0v) is 25.2. The first-order valence-electron chi connectivity index (χ1n) is 14.0. The third-order valence-corrected chi connectivity index (χ3v) is 10.3. The van der Waals surface area contributed by atoms with E-state index in [1.807, 2.05) is 36.4 Å². The average molecular weight is 662 g/mol. The van der Waals surface area contributed by atoms with Gasteiger partial charge in [-0.25, -0.2) is 4.90 Å². The largest absolute Gasteiger partial charge is 0.483 e. The number of carbonyl (C=O) groups is 3. The lowest BCUT2D eigenvalue weighted by molar-refractivity contribution is -0.137. The summed E-state index contributed by atoms with van der Waals surface area (Å²) < 4.78 is 47.8. The van der Waals surface area contributed by atoms with Crippen molar-refractivity contribution < 1.29 is 32.3 Å². The van der Waals surface area contributed by atoms with Crippen molar-refractivity contribution in [1.82, 2.24) is 4.98 Å². The Kier molecular flexibility index (Phi) is 7.44. The van der Waals surface area contributed by atoms with E-state index in [9.17, 15) is 32.3 Å². The predicted octanol–water partition coefficient (Wildman–Crippen LogP) is 6.42. The first-order valence-corrected chi connectivity index (χ1v) is 15.7. The molecule has 3 heterocycles. The minimum Gasteiger partial charge on any atom is -0.483 e. The van der Waals surface area contributed by atoms with Crippen LogP contribution < -0.4 is 19.8 Å². The highest BCUT2D eigenvalue weighted by molar-refractivity contribution is 8.00. The normalized spacial score (nSPS) is 19.2. The molecule has 2 aliphatic heterocycles. The van der Waals surface area contributed by atoms with Crippen molar-refractivity contribution in [1.29, 1.82) is 0 Å². The number of hydrogen-bond acceptors (Lipinski definition) is 7. The van der Waals surface area contributed by atoms with E-state index in [1.54, 1.807) is 30.3 Å². The molecule has 232 valence electrons. The molecule has 1 aromatic heterocycles. The molecule has 3 atom stereocenters. The fraction of sp³-hybridized carbons (Fsp3) is 0.152. The van der Waals surface area contributed by atoms with Crippen LogP contribution in [0, 0.1) is 5.92 Å². The zero-order valence-electron chi connectivity index (χ0n) is 23.5.